The lowest BCUT2D eigenvalue weighted by Gasteiger charge is -2.33. The van der Waals surface area contributed by atoms with E-state index in [9.17, 15) is 4.79 Å². The molecule has 0 aliphatic heterocycles. The summed E-state index contributed by atoms with van der Waals surface area (Å²) >= 11 is 0. The Morgan fingerprint density at radius 1 is 1.50 bits per heavy atom. The van der Waals surface area contributed by atoms with Crippen LogP contribution in [0.4, 0.5) is 0 Å². The van der Waals surface area contributed by atoms with Gasteiger partial charge in [-0.15, -0.1) is 0 Å². The molecule has 1 fully saturated rings. The van der Waals surface area contributed by atoms with Gasteiger partial charge in [0.2, 0.25) is 0 Å². The first-order valence-corrected chi connectivity index (χ1v) is 6.31. The summed E-state index contributed by atoms with van der Waals surface area (Å²) < 4.78 is 4.98. The van der Waals surface area contributed by atoms with Gasteiger partial charge in [-0.05, 0) is 39.2 Å². The SMILES string of the molecule is CCOC(=O)C(C)NC1CCCCC1CN. The highest BCUT2D eigenvalue weighted by molar-refractivity contribution is 5.75. The minimum atomic E-state index is -0.225. The maximum atomic E-state index is 11.5. The number of nitrogens with two attached hydrogens (primary N) is 1. The van der Waals surface area contributed by atoms with Gasteiger partial charge in [-0.2, -0.15) is 0 Å². The number of carbonyl (C=O) groups excluding carboxylic acids is 1. The van der Waals surface area contributed by atoms with E-state index in [0.717, 1.165) is 6.42 Å². The fraction of sp³-hybridized carbons (Fsp3) is 0.917. The summed E-state index contributed by atoms with van der Waals surface area (Å²) in [6.07, 6.45) is 4.77. The maximum absolute atomic E-state index is 11.5. The van der Waals surface area contributed by atoms with Crippen LogP contribution in [-0.2, 0) is 9.53 Å². The molecule has 0 bridgehead atoms. The van der Waals surface area contributed by atoms with Crippen LogP contribution in [0, 0.1) is 5.92 Å². The minimum Gasteiger partial charge on any atom is -0.465 e. The largest absolute Gasteiger partial charge is 0.465 e. The Bertz CT molecular complexity index is 221. The second-order valence-corrected chi connectivity index (χ2v) is 4.53. The summed E-state index contributed by atoms with van der Waals surface area (Å²) in [5.74, 6) is 0.342. The van der Waals surface area contributed by atoms with Crippen LogP contribution >= 0.6 is 0 Å². The van der Waals surface area contributed by atoms with Crippen LogP contribution in [0.2, 0.25) is 0 Å². The fourth-order valence-electron chi connectivity index (χ4n) is 2.37. The molecule has 0 aromatic carbocycles. The smallest absolute Gasteiger partial charge is 0.322 e. The number of carbonyl (C=O) groups is 1. The Morgan fingerprint density at radius 3 is 2.81 bits per heavy atom. The summed E-state index contributed by atoms with van der Waals surface area (Å²) in [7, 11) is 0. The predicted molar refractivity (Wildman–Crippen MR) is 64.0 cm³/mol. The third kappa shape index (κ3) is 3.76. The fourth-order valence-corrected chi connectivity index (χ4v) is 2.37. The van der Waals surface area contributed by atoms with Gasteiger partial charge in [0.15, 0.2) is 0 Å². The zero-order chi connectivity index (χ0) is 12.0. The van der Waals surface area contributed by atoms with E-state index in [1.54, 1.807) is 0 Å². The summed E-state index contributed by atoms with van der Waals surface area (Å²) in [5, 5.41) is 3.35. The highest BCUT2D eigenvalue weighted by Crippen LogP contribution is 2.23. The van der Waals surface area contributed by atoms with Crippen LogP contribution in [0.25, 0.3) is 0 Å². The van der Waals surface area contributed by atoms with Crippen LogP contribution in [0.5, 0.6) is 0 Å². The first-order valence-electron chi connectivity index (χ1n) is 6.31. The van der Waals surface area contributed by atoms with Crippen LogP contribution in [0.3, 0.4) is 0 Å². The van der Waals surface area contributed by atoms with Crippen molar-refractivity contribution in [3.05, 3.63) is 0 Å². The second-order valence-electron chi connectivity index (χ2n) is 4.53. The Morgan fingerprint density at radius 2 is 2.19 bits per heavy atom. The van der Waals surface area contributed by atoms with Crippen LogP contribution < -0.4 is 11.1 Å². The van der Waals surface area contributed by atoms with Gasteiger partial charge in [-0.1, -0.05) is 12.8 Å². The lowest BCUT2D eigenvalue weighted by atomic mass is 9.84. The standard InChI is InChI=1S/C12H24N2O2/c1-3-16-12(15)9(2)14-11-7-5-4-6-10(11)8-13/h9-11,14H,3-8,13H2,1-2H3. The normalized spacial score (nSPS) is 27.4. The van der Waals surface area contributed by atoms with Crippen molar-refractivity contribution in [2.75, 3.05) is 13.2 Å². The van der Waals surface area contributed by atoms with E-state index in [0.29, 0.717) is 25.1 Å². The number of ether oxygens (including phenoxy) is 1. The molecule has 0 heterocycles. The summed E-state index contributed by atoms with van der Waals surface area (Å²) in [5.41, 5.74) is 5.75. The molecular weight excluding hydrogens is 204 g/mol. The maximum Gasteiger partial charge on any atom is 0.322 e. The molecule has 3 N–H and O–H groups in total. The number of rotatable bonds is 5. The Balaban J connectivity index is 2.41. The van der Waals surface area contributed by atoms with Crippen LogP contribution in [0.1, 0.15) is 39.5 Å². The summed E-state index contributed by atoms with van der Waals surface area (Å²) in [4.78, 5) is 11.5. The topological polar surface area (TPSA) is 64.3 Å². The van der Waals surface area contributed by atoms with E-state index < -0.39 is 0 Å². The molecule has 94 valence electrons. The van der Waals surface area contributed by atoms with Crippen LogP contribution in [0.15, 0.2) is 0 Å². The lowest BCUT2D eigenvalue weighted by molar-refractivity contribution is -0.145. The minimum absolute atomic E-state index is 0.163. The predicted octanol–water partition coefficient (Wildman–Crippen LogP) is 1.05. The second kappa shape index (κ2) is 6.86. The number of nitrogens with one attached hydrogen (secondary N) is 1. The zero-order valence-corrected chi connectivity index (χ0v) is 10.4. The van der Waals surface area contributed by atoms with Gasteiger partial charge in [-0.3, -0.25) is 4.79 Å². The van der Waals surface area contributed by atoms with Crippen molar-refractivity contribution in [1.29, 1.82) is 0 Å². The molecule has 0 spiro atoms. The first-order chi connectivity index (χ1) is 7.69. The van der Waals surface area contributed by atoms with Gasteiger partial charge in [0.25, 0.3) is 0 Å². The van der Waals surface area contributed by atoms with Crippen molar-refractivity contribution in [2.24, 2.45) is 11.7 Å². The average molecular weight is 228 g/mol. The van der Waals surface area contributed by atoms with Gasteiger partial charge in [0, 0.05) is 6.04 Å². The van der Waals surface area contributed by atoms with Crippen molar-refractivity contribution >= 4 is 5.97 Å². The molecule has 1 aliphatic rings. The summed E-state index contributed by atoms with van der Waals surface area (Å²) in [6, 6.07) is 0.148. The molecule has 1 aliphatic carbocycles. The molecule has 3 atom stereocenters. The van der Waals surface area contributed by atoms with Crippen molar-refractivity contribution in [3.63, 3.8) is 0 Å². The van der Waals surface area contributed by atoms with E-state index in [1.165, 1.54) is 19.3 Å². The molecule has 0 radical (unpaired) electrons. The molecular formula is C12H24N2O2. The van der Waals surface area contributed by atoms with Gasteiger partial charge in [0.05, 0.1) is 6.61 Å². The van der Waals surface area contributed by atoms with Crippen molar-refractivity contribution in [2.45, 2.75) is 51.6 Å². The number of hydrogen-bond donors (Lipinski definition) is 2. The molecule has 0 amide bonds. The van der Waals surface area contributed by atoms with E-state index in [-0.39, 0.29) is 12.0 Å². The molecule has 0 aromatic heterocycles. The number of hydrogen-bond acceptors (Lipinski definition) is 4. The molecule has 1 saturated carbocycles. The molecule has 16 heavy (non-hydrogen) atoms. The van der Waals surface area contributed by atoms with Gasteiger partial charge in [-0.25, -0.2) is 0 Å². The van der Waals surface area contributed by atoms with Crippen molar-refractivity contribution in [1.82, 2.24) is 5.32 Å². The molecule has 0 saturated heterocycles. The van der Waals surface area contributed by atoms with E-state index in [2.05, 4.69) is 5.32 Å². The summed E-state index contributed by atoms with van der Waals surface area (Å²) in [6.45, 7) is 4.83. The van der Waals surface area contributed by atoms with Gasteiger partial charge in [0.1, 0.15) is 6.04 Å². The Kier molecular flexibility index (Phi) is 5.77. The van der Waals surface area contributed by atoms with Crippen LogP contribution in [-0.4, -0.2) is 31.2 Å². The zero-order valence-electron chi connectivity index (χ0n) is 10.4. The monoisotopic (exact) mass is 228 g/mol. The van der Waals surface area contributed by atoms with E-state index in [4.69, 9.17) is 10.5 Å². The quantitative estimate of drug-likeness (QED) is 0.690. The Labute approximate surface area is 97.9 Å². The average Bonchev–Trinajstić information content (AvgIpc) is 2.30. The van der Waals surface area contributed by atoms with Gasteiger partial charge >= 0.3 is 5.97 Å². The van der Waals surface area contributed by atoms with Crippen molar-refractivity contribution in [3.8, 4) is 0 Å². The third-order valence-corrected chi connectivity index (χ3v) is 3.32. The lowest BCUT2D eigenvalue weighted by Crippen LogP contribution is -2.48. The molecule has 1 rings (SSSR count). The molecule has 4 nitrogen and oxygen atoms in total. The number of esters is 1. The first kappa shape index (κ1) is 13.5. The Hall–Kier alpha value is -0.610. The highest BCUT2D eigenvalue weighted by Gasteiger charge is 2.27. The third-order valence-electron chi connectivity index (χ3n) is 3.32. The van der Waals surface area contributed by atoms with E-state index >= 15 is 0 Å². The van der Waals surface area contributed by atoms with Gasteiger partial charge < -0.3 is 15.8 Å². The molecule has 4 heteroatoms. The van der Waals surface area contributed by atoms with E-state index in [1.807, 2.05) is 13.8 Å². The molecule has 0 aromatic rings. The molecule has 3 unspecified atom stereocenters. The van der Waals surface area contributed by atoms with Crippen molar-refractivity contribution < 1.29 is 9.53 Å². The highest BCUT2D eigenvalue weighted by atomic mass is 16.5.